The van der Waals surface area contributed by atoms with Crippen LogP contribution >= 0.6 is 0 Å². The predicted molar refractivity (Wildman–Crippen MR) is 91.6 cm³/mol. The number of nitrogens with one attached hydrogen (secondary N) is 1. The third-order valence-corrected chi connectivity index (χ3v) is 3.72. The van der Waals surface area contributed by atoms with Crippen LogP contribution in [0.1, 0.15) is 0 Å². The van der Waals surface area contributed by atoms with Crippen LogP contribution in [-0.4, -0.2) is 19.7 Å². The molecule has 0 saturated carbocycles. The summed E-state index contributed by atoms with van der Waals surface area (Å²) in [7, 11) is 1.84. The zero-order chi connectivity index (χ0) is 17.2. The molecule has 0 aliphatic rings. The van der Waals surface area contributed by atoms with Crippen LogP contribution in [0.3, 0.4) is 0 Å². The topological polar surface area (TPSA) is 68.8 Å². The highest BCUT2D eigenvalue weighted by Gasteiger charge is 2.10. The molecule has 0 atom stereocenters. The number of aryl methyl sites for hydroxylation is 1. The average Bonchev–Trinajstić information content (AvgIpc) is 3.26. The van der Waals surface area contributed by atoms with Crippen LogP contribution in [0.4, 0.5) is 16.1 Å². The van der Waals surface area contributed by atoms with Gasteiger partial charge in [-0.1, -0.05) is 18.2 Å². The summed E-state index contributed by atoms with van der Waals surface area (Å²) >= 11 is 0. The van der Waals surface area contributed by atoms with Crippen molar-refractivity contribution in [2.75, 3.05) is 5.32 Å². The van der Waals surface area contributed by atoms with Gasteiger partial charge in [0.2, 0.25) is 0 Å². The van der Waals surface area contributed by atoms with E-state index < -0.39 is 0 Å². The molecule has 2 aromatic carbocycles. The van der Waals surface area contributed by atoms with Gasteiger partial charge in [0.05, 0.1) is 6.20 Å². The molecule has 6 nitrogen and oxygen atoms in total. The van der Waals surface area contributed by atoms with E-state index in [0.717, 1.165) is 17.0 Å². The summed E-state index contributed by atoms with van der Waals surface area (Å²) in [6, 6.07) is 14.1. The van der Waals surface area contributed by atoms with Gasteiger partial charge in [0, 0.05) is 23.9 Å². The lowest BCUT2D eigenvalue weighted by molar-refractivity contribution is 0.592. The number of halogens is 1. The number of oxazole rings is 1. The van der Waals surface area contributed by atoms with Gasteiger partial charge >= 0.3 is 0 Å². The van der Waals surface area contributed by atoms with Crippen LogP contribution in [0.15, 0.2) is 65.5 Å². The van der Waals surface area contributed by atoms with E-state index in [1.54, 1.807) is 23.0 Å². The maximum Gasteiger partial charge on any atom is 0.299 e. The maximum atomic E-state index is 13.0. The molecule has 1 N–H and O–H groups in total. The van der Waals surface area contributed by atoms with Crippen molar-refractivity contribution >= 4 is 11.7 Å². The minimum Gasteiger partial charge on any atom is -0.423 e. The molecule has 7 heteroatoms. The van der Waals surface area contributed by atoms with E-state index in [9.17, 15) is 4.39 Å². The van der Waals surface area contributed by atoms with Crippen molar-refractivity contribution in [3.8, 4) is 22.7 Å². The fraction of sp³-hybridized carbons (Fsp3) is 0.0556. The molecule has 0 aliphatic carbocycles. The highest BCUT2D eigenvalue weighted by molar-refractivity contribution is 5.67. The summed E-state index contributed by atoms with van der Waals surface area (Å²) < 4.78 is 20.4. The van der Waals surface area contributed by atoms with Gasteiger partial charge in [-0.05, 0) is 30.3 Å². The Morgan fingerprint density at radius 2 is 1.84 bits per heavy atom. The fourth-order valence-corrected chi connectivity index (χ4v) is 2.49. The van der Waals surface area contributed by atoms with Crippen molar-refractivity contribution in [3.05, 3.63) is 66.9 Å². The molecule has 2 heterocycles. The zero-order valence-electron chi connectivity index (χ0n) is 13.3. The van der Waals surface area contributed by atoms with E-state index in [0.29, 0.717) is 17.5 Å². The Labute approximate surface area is 143 Å². The lowest BCUT2D eigenvalue weighted by Crippen LogP contribution is -1.94. The molecular formula is C18H14FN5O. The number of benzene rings is 2. The molecule has 0 spiro atoms. The smallest absolute Gasteiger partial charge is 0.299 e. The summed E-state index contributed by atoms with van der Waals surface area (Å²) in [5.41, 5.74) is 2.50. The summed E-state index contributed by atoms with van der Waals surface area (Å²) in [4.78, 5) is 8.47. The number of nitrogens with zero attached hydrogens (tertiary/aromatic N) is 4. The highest BCUT2D eigenvalue weighted by Crippen LogP contribution is 2.27. The monoisotopic (exact) mass is 335 g/mol. The van der Waals surface area contributed by atoms with Gasteiger partial charge < -0.3 is 9.73 Å². The molecule has 0 bridgehead atoms. The summed E-state index contributed by atoms with van der Waals surface area (Å²) in [5.74, 6) is 1.10. The van der Waals surface area contributed by atoms with Crippen molar-refractivity contribution in [1.29, 1.82) is 0 Å². The lowest BCUT2D eigenvalue weighted by Gasteiger charge is -2.03. The second kappa shape index (κ2) is 6.20. The Morgan fingerprint density at radius 3 is 2.60 bits per heavy atom. The van der Waals surface area contributed by atoms with Gasteiger partial charge in [0.25, 0.3) is 6.01 Å². The highest BCUT2D eigenvalue weighted by atomic mass is 19.1. The zero-order valence-corrected chi connectivity index (χ0v) is 13.3. The van der Waals surface area contributed by atoms with E-state index in [1.807, 2.05) is 31.3 Å². The fourth-order valence-electron chi connectivity index (χ4n) is 2.49. The van der Waals surface area contributed by atoms with Gasteiger partial charge in [0.1, 0.15) is 12.1 Å². The van der Waals surface area contributed by atoms with Crippen molar-refractivity contribution in [3.63, 3.8) is 0 Å². The Balaban J connectivity index is 1.60. The minimum absolute atomic E-state index is 0.292. The Hall–Kier alpha value is -3.48. The Kier molecular flexibility index (Phi) is 3.74. The van der Waals surface area contributed by atoms with E-state index in [4.69, 9.17) is 4.42 Å². The largest absolute Gasteiger partial charge is 0.423 e. The molecule has 2 aromatic heterocycles. The van der Waals surface area contributed by atoms with Crippen molar-refractivity contribution in [1.82, 2.24) is 19.7 Å². The Morgan fingerprint density at radius 1 is 1.04 bits per heavy atom. The number of hydrogen-bond acceptors (Lipinski definition) is 5. The van der Waals surface area contributed by atoms with Crippen molar-refractivity contribution in [2.24, 2.45) is 7.05 Å². The SMILES string of the molecule is Cn1ncnc1-c1cccc(-c2cnc(Nc3ccc(F)cc3)o2)c1. The molecule has 124 valence electrons. The van der Waals surface area contributed by atoms with Gasteiger partial charge in [-0.25, -0.2) is 19.0 Å². The first-order chi connectivity index (χ1) is 12.2. The van der Waals surface area contributed by atoms with Crippen LogP contribution in [-0.2, 0) is 7.05 Å². The molecule has 4 rings (SSSR count). The van der Waals surface area contributed by atoms with E-state index >= 15 is 0 Å². The molecule has 0 fully saturated rings. The van der Waals surface area contributed by atoms with Gasteiger partial charge in [-0.2, -0.15) is 5.10 Å². The van der Waals surface area contributed by atoms with E-state index in [1.165, 1.54) is 18.5 Å². The number of anilines is 2. The number of rotatable bonds is 4. The molecule has 4 aromatic rings. The lowest BCUT2D eigenvalue weighted by atomic mass is 10.1. The average molecular weight is 335 g/mol. The standard InChI is InChI=1S/C18H14FN5O/c1-24-17(21-11-22-24)13-4-2-3-12(9-13)16-10-20-18(25-16)23-15-7-5-14(19)6-8-15/h2-11H,1H3,(H,20,23). The third-order valence-electron chi connectivity index (χ3n) is 3.72. The first-order valence-electron chi connectivity index (χ1n) is 7.62. The molecule has 25 heavy (non-hydrogen) atoms. The van der Waals surface area contributed by atoms with Crippen molar-refractivity contribution < 1.29 is 8.81 Å². The first kappa shape index (κ1) is 15.1. The van der Waals surface area contributed by atoms with Crippen LogP contribution in [0.5, 0.6) is 0 Å². The first-order valence-corrected chi connectivity index (χ1v) is 7.62. The van der Waals surface area contributed by atoms with E-state index in [2.05, 4.69) is 20.4 Å². The minimum atomic E-state index is -0.292. The van der Waals surface area contributed by atoms with Crippen LogP contribution in [0, 0.1) is 5.82 Å². The van der Waals surface area contributed by atoms with Gasteiger partial charge in [0.15, 0.2) is 11.6 Å². The maximum absolute atomic E-state index is 13.0. The third kappa shape index (κ3) is 3.12. The second-order valence-electron chi connectivity index (χ2n) is 5.45. The van der Waals surface area contributed by atoms with Crippen LogP contribution in [0.25, 0.3) is 22.7 Å². The van der Waals surface area contributed by atoms with Gasteiger partial charge in [-0.15, -0.1) is 0 Å². The number of aromatic nitrogens is 4. The van der Waals surface area contributed by atoms with Crippen LogP contribution in [0.2, 0.25) is 0 Å². The predicted octanol–water partition coefficient (Wildman–Crippen LogP) is 4.02. The number of hydrogen-bond donors (Lipinski definition) is 1. The van der Waals surface area contributed by atoms with E-state index in [-0.39, 0.29) is 5.82 Å². The molecule has 0 saturated heterocycles. The molecule has 0 unspecified atom stereocenters. The summed E-state index contributed by atoms with van der Waals surface area (Å²) in [6.07, 6.45) is 3.16. The van der Waals surface area contributed by atoms with Crippen LogP contribution < -0.4 is 5.32 Å². The summed E-state index contributed by atoms with van der Waals surface area (Å²) in [6.45, 7) is 0. The molecule has 0 aliphatic heterocycles. The van der Waals surface area contributed by atoms with Gasteiger partial charge in [-0.3, -0.25) is 0 Å². The van der Waals surface area contributed by atoms with Crippen molar-refractivity contribution in [2.45, 2.75) is 0 Å². The molecule has 0 radical (unpaired) electrons. The summed E-state index contributed by atoms with van der Waals surface area (Å²) in [5, 5.41) is 7.09. The Bertz CT molecular complexity index is 1010. The normalized spacial score (nSPS) is 10.8. The second-order valence-corrected chi connectivity index (χ2v) is 5.45. The quantitative estimate of drug-likeness (QED) is 0.610. The molecular weight excluding hydrogens is 321 g/mol. The molecule has 0 amide bonds.